The lowest BCUT2D eigenvalue weighted by atomic mass is 10.0. The van der Waals surface area contributed by atoms with E-state index >= 15 is 0 Å². The fourth-order valence-corrected chi connectivity index (χ4v) is 4.22. The van der Waals surface area contributed by atoms with Crippen LogP contribution in [0.3, 0.4) is 0 Å². The molecule has 0 saturated heterocycles. The van der Waals surface area contributed by atoms with Crippen molar-refractivity contribution in [3.63, 3.8) is 0 Å². The fraction of sp³-hybridized carbons (Fsp3) is 0.364. The van der Waals surface area contributed by atoms with Crippen LogP contribution in [0.25, 0.3) is 11.1 Å². The third-order valence-electron chi connectivity index (χ3n) is 5.26. The van der Waals surface area contributed by atoms with Gasteiger partial charge in [-0.2, -0.15) is 0 Å². The van der Waals surface area contributed by atoms with Gasteiger partial charge in [0.2, 0.25) is 10.0 Å². The van der Waals surface area contributed by atoms with Gasteiger partial charge in [-0.25, -0.2) is 13.2 Å². The minimum absolute atomic E-state index is 0.206. The van der Waals surface area contributed by atoms with Gasteiger partial charge in [0, 0.05) is 17.8 Å². The molecule has 0 unspecified atom stereocenters. The quantitative estimate of drug-likeness (QED) is 0.699. The van der Waals surface area contributed by atoms with Crippen molar-refractivity contribution in [2.24, 2.45) is 5.92 Å². The van der Waals surface area contributed by atoms with Gasteiger partial charge in [0.15, 0.2) is 0 Å². The van der Waals surface area contributed by atoms with Gasteiger partial charge < -0.3 is 10.0 Å². The van der Waals surface area contributed by atoms with Crippen molar-refractivity contribution >= 4 is 27.6 Å². The second-order valence-electron chi connectivity index (χ2n) is 8.11. The monoisotopic (exact) mass is 430 g/mol. The van der Waals surface area contributed by atoms with E-state index in [1.165, 1.54) is 4.90 Å². The normalized spacial score (nSPS) is 14.9. The van der Waals surface area contributed by atoms with E-state index in [0.717, 1.165) is 16.7 Å². The van der Waals surface area contributed by atoms with Gasteiger partial charge in [0.05, 0.1) is 5.25 Å². The number of carboxylic acid groups (broad SMARTS) is 1. The van der Waals surface area contributed by atoms with E-state index in [4.69, 9.17) is 0 Å². The molecule has 1 aliphatic heterocycles. The zero-order valence-electron chi connectivity index (χ0n) is 17.4. The Morgan fingerprint density at radius 1 is 1.03 bits per heavy atom. The molecule has 1 aliphatic rings. The highest BCUT2D eigenvalue weighted by Gasteiger charge is 2.38. The van der Waals surface area contributed by atoms with Crippen LogP contribution in [0.5, 0.6) is 0 Å². The van der Waals surface area contributed by atoms with E-state index in [1.54, 1.807) is 58.0 Å². The molecule has 1 heterocycles. The molecule has 7 nitrogen and oxygen atoms in total. The molecule has 3 rings (SSSR count). The number of amides is 1. The Balaban J connectivity index is 1.85. The molecule has 0 saturated carbocycles. The first-order valence-corrected chi connectivity index (χ1v) is 11.3. The number of sulfonamides is 1. The first kappa shape index (κ1) is 21.8. The number of fused-ring (bicyclic) bond motifs is 1. The summed E-state index contributed by atoms with van der Waals surface area (Å²) in [7, 11) is -3.42. The maximum Gasteiger partial charge on any atom is 0.326 e. The standard InChI is InChI=1S/C22H26N2O5S/c1-13(2)20(22(26)27)24-12-17-6-5-16(11-19(17)21(24)25)15-7-9-18(10-8-15)23-30(28,29)14(3)4/h5-11,13-14,20,23H,12H2,1-4H3,(H,26,27)/t20-/m0/s1. The summed E-state index contributed by atoms with van der Waals surface area (Å²) >= 11 is 0. The van der Waals surface area contributed by atoms with Gasteiger partial charge in [-0.3, -0.25) is 9.52 Å². The van der Waals surface area contributed by atoms with Crippen LogP contribution in [0.4, 0.5) is 5.69 Å². The highest BCUT2D eigenvalue weighted by atomic mass is 32.2. The van der Waals surface area contributed by atoms with E-state index in [0.29, 0.717) is 11.3 Å². The average molecular weight is 431 g/mol. The lowest BCUT2D eigenvalue weighted by Gasteiger charge is -2.27. The third-order valence-corrected chi connectivity index (χ3v) is 7.02. The van der Waals surface area contributed by atoms with E-state index < -0.39 is 27.3 Å². The maximum absolute atomic E-state index is 12.9. The van der Waals surface area contributed by atoms with Gasteiger partial charge in [-0.1, -0.05) is 38.1 Å². The molecule has 2 N–H and O–H groups in total. The van der Waals surface area contributed by atoms with E-state index in [2.05, 4.69) is 4.72 Å². The molecule has 0 aromatic heterocycles. The van der Waals surface area contributed by atoms with Crippen LogP contribution < -0.4 is 4.72 Å². The first-order valence-electron chi connectivity index (χ1n) is 9.80. The Morgan fingerprint density at radius 3 is 2.17 bits per heavy atom. The number of nitrogens with one attached hydrogen (secondary N) is 1. The molecule has 1 amide bonds. The van der Waals surface area contributed by atoms with Gasteiger partial charge in [0.25, 0.3) is 5.91 Å². The summed E-state index contributed by atoms with van der Waals surface area (Å²) in [6.07, 6.45) is 0. The Morgan fingerprint density at radius 2 is 1.63 bits per heavy atom. The van der Waals surface area contributed by atoms with Crippen LogP contribution in [0.15, 0.2) is 42.5 Å². The zero-order chi connectivity index (χ0) is 22.2. The minimum Gasteiger partial charge on any atom is -0.480 e. The van der Waals surface area contributed by atoms with Gasteiger partial charge in [0.1, 0.15) is 6.04 Å². The second kappa shape index (κ2) is 8.10. The van der Waals surface area contributed by atoms with Gasteiger partial charge >= 0.3 is 5.97 Å². The van der Waals surface area contributed by atoms with Crippen LogP contribution in [0.2, 0.25) is 0 Å². The lowest BCUT2D eigenvalue weighted by Crippen LogP contribution is -2.44. The largest absolute Gasteiger partial charge is 0.480 e. The number of benzene rings is 2. The fourth-order valence-electron chi connectivity index (χ4n) is 3.52. The number of carboxylic acids is 1. The molecular weight excluding hydrogens is 404 g/mol. The third kappa shape index (κ3) is 4.18. The number of hydrogen-bond acceptors (Lipinski definition) is 4. The van der Waals surface area contributed by atoms with Crippen molar-refractivity contribution in [1.82, 2.24) is 4.90 Å². The molecule has 0 aliphatic carbocycles. The molecule has 30 heavy (non-hydrogen) atoms. The molecule has 2 aromatic rings. The van der Waals surface area contributed by atoms with E-state index in [-0.39, 0.29) is 18.4 Å². The Labute approximate surface area is 176 Å². The van der Waals surface area contributed by atoms with Gasteiger partial charge in [-0.15, -0.1) is 0 Å². The molecule has 0 bridgehead atoms. The molecule has 0 radical (unpaired) electrons. The summed E-state index contributed by atoms with van der Waals surface area (Å²) in [4.78, 5) is 25.9. The van der Waals surface area contributed by atoms with E-state index in [1.807, 2.05) is 12.1 Å². The Hall–Kier alpha value is -2.87. The number of nitrogens with zero attached hydrogens (tertiary/aromatic N) is 1. The van der Waals surface area contributed by atoms with Crippen molar-refractivity contribution in [2.45, 2.75) is 45.5 Å². The lowest BCUT2D eigenvalue weighted by molar-refractivity contribution is -0.144. The summed E-state index contributed by atoms with van der Waals surface area (Å²) in [6.45, 7) is 7.07. The van der Waals surface area contributed by atoms with Crippen LogP contribution in [0.1, 0.15) is 43.6 Å². The number of hydrogen-bond donors (Lipinski definition) is 2. The van der Waals surface area contributed by atoms with Crippen molar-refractivity contribution in [1.29, 1.82) is 0 Å². The molecule has 8 heteroatoms. The first-order chi connectivity index (χ1) is 14.0. The summed E-state index contributed by atoms with van der Waals surface area (Å²) in [5, 5.41) is 8.99. The summed E-state index contributed by atoms with van der Waals surface area (Å²) < 4.78 is 26.6. The topological polar surface area (TPSA) is 104 Å². The molecule has 1 atom stereocenters. The highest BCUT2D eigenvalue weighted by molar-refractivity contribution is 7.93. The number of carbonyl (C=O) groups is 2. The van der Waals surface area contributed by atoms with Crippen molar-refractivity contribution in [3.8, 4) is 11.1 Å². The molecule has 2 aromatic carbocycles. The van der Waals surface area contributed by atoms with Crippen LogP contribution in [-0.4, -0.2) is 41.6 Å². The van der Waals surface area contributed by atoms with Gasteiger partial charge in [-0.05, 0) is 54.7 Å². The average Bonchev–Trinajstić information content (AvgIpc) is 2.97. The summed E-state index contributed by atoms with van der Waals surface area (Å²) in [5.74, 6) is -1.50. The highest BCUT2D eigenvalue weighted by Crippen LogP contribution is 2.31. The number of anilines is 1. The summed E-state index contributed by atoms with van der Waals surface area (Å²) in [6, 6.07) is 11.5. The van der Waals surface area contributed by atoms with E-state index in [9.17, 15) is 23.1 Å². The van der Waals surface area contributed by atoms with Crippen molar-refractivity contribution in [2.75, 3.05) is 4.72 Å². The van der Waals surface area contributed by atoms with Crippen LogP contribution >= 0.6 is 0 Å². The van der Waals surface area contributed by atoms with Crippen molar-refractivity contribution < 1.29 is 23.1 Å². The number of aliphatic carboxylic acids is 1. The Kier molecular flexibility index (Phi) is 5.90. The number of rotatable bonds is 7. The zero-order valence-corrected chi connectivity index (χ0v) is 18.2. The molecule has 0 fully saturated rings. The molecule has 0 spiro atoms. The second-order valence-corrected chi connectivity index (χ2v) is 10.3. The molecule has 160 valence electrons. The summed E-state index contributed by atoms with van der Waals surface area (Å²) in [5.41, 5.74) is 3.41. The predicted molar refractivity (Wildman–Crippen MR) is 116 cm³/mol. The number of carbonyl (C=O) groups excluding carboxylic acids is 1. The van der Waals surface area contributed by atoms with Crippen LogP contribution in [0, 0.1) is 5.92 Å². The van der Waals surface area contributed by atoms with Crippen molar-refractivity contribution in [3.05, 3.63) is 53.6 Å². The Bertz CT molecular complexity index is 1080. The molecular formula is C22H26N2O5S. The maximum atomic E-state index is 12.9. The minimum atomic E-state index is -3.42. The van der Waals surface area contributed by atoms with Crippen LogP contribution in [-0.2, 0) is 21.4 Å². The SMILES string of the molecule is CC(C)[C@@H](C(=O)O)N1Cc2ccc(-c3ccc(NS(=O)(=O)C(C)C)cc3)cc2C1=O. The smallest absolute Gasteiger partial charge is 0.326 e. The predicted octanol–water partition coefficient (Wildman–Crippen LogP) is 3.57.